The zero-order chi connectivity index (χ0) is 26.1. The lowest BCUT2D eigenvalue weighted by Gasteiger charge is -2.44. The Kier molecular flexibility index (Phi) is 8.49. The number of piperidine rings is 2. The predicted molar refractivity (Wildman–Crippen MR) is 151 cm³/mol. The molecule has 1 amide bonds. The van der Waals surface area contributed by atoms with E-state index in [1.54, 1.807) is 18.3 Å². The van der Waals surface area contributed by atoms with E-state index in [1.165, 1.54) is 0 Å². The van der Waals surface area contributed by atoms with Gasteiger partial charge in [-0.3, -0.25) is 14.7 Å². The topological polar surface area (TPSA) is 56.7 Å². The minimum absolute atomic E-state index is 0.0857. The molecule has 1 N–H and O–H groups in total. The first-order chi connectivity index (χ1) is 17.8. The number of carbonyl (C=O) groups is 1. The Balaban J connectivity index is 1.21. The fraction of sp³-hybridized carbons (Fsp3) is 0.429. The van der Waals surface area contributed by atoms with Crippen LogP contribution in [0.25, 0.3) is 10.9 Å². The van der Waals surface area contributed by atoms with E-state index in [9.17, 15) is 9.90 Å². The molecule has 2 saturated heterocycles. The number of halogens is 4. The largest absolute Gasteiger partial charge is 0.396 e. The van der Waals surface area contributed by atoms with Crippen LogP contribution in [-0.2, 0) is 6.42 Å². The summed E-state index contributed by atoms with van der Waals surface area (Å²) >= 11 is 24.8. The molecule has 2 aliphatic rings. The fourth-order valence-electron chi connectivity index (χ4n) is 5.83. The summed E-state index contributed by atoms with van der Waals surface area (Å²) in [5.41, 5.74) is 2.18. The molecule has 3 heterocycles. The highest BCUT2D eigenvalue weighted by molar-refractivity contribution is 6.42. The quantitative estimate of drug-likeness (QED) is 0.368. The lowest BCUT2D eigenvalue weighted by atomic mass is 9.80. The van der Waals surface area contributed by atoms with Gasteiger partial charge in [0.15, 0.2) is 0 Å². The first-order valence-electron chi connectivity index (χ1n) is 12.7. The van der Waals surface area contributed by atoms with Crippen molar-refractivity contribution in [3.63, 3.8) is 0 Å². The molecule has 0 aliphatic carbocycles. The maximum atomic E-state index is 13.5. The molecule has 1 aromatic heterocycles. The van der Waals surface area contributed by atoms with E-state index in [2.05, 4.69) is 9.88 Å². The van der Waals surface area contributed by atoms with Gasteiger partial charge in [0.1, 0.15) is 0 Å². The van der Waals surface area contributed by atoms with Crippen molar-refractivity contribution in [2.75, 3.05) is 32.8 Å². The first kappa shape index (κ1) is 27.0. The normalized spacial score (nSPS) is 21.5. The second kappa shape index (κ2) is 11.6. The van der Waals surface area contributed by atoms with Gasteiger partial charge in [-0.05, 0) is 73.9 Å². The molecule has 0 spiro atoms. The molecular formula is C28H29Cl4N3O2. The number of carbonyl (C=O) groups excluding carboxylic acids is 1. The van der Waals surface area contributed by atoms with Crippen LogP contribution in [0.5, 0.6) is 0 Å². The van der Waals surface area contributed by atoms with Gasteiger partial charge in [-0.15, -0.1) is 0 Å². The van der Waals surface area contributed by atoms with Gasteiger partial charge in [0.25, 0.3) is 5.91 Å². The van der Waals surface area contributed by atoms with Gasteiger partial charge in [0, 0.05) is 43.9 Å². The van der Waals surface area contributed by atoms with Crippen molar-refractivity contribution in [2.24, 2.45) is 11.8 Å². The molecule has 3 aromatic rings. The zero-order valence-corrected chi connectivity index (χ0v) is 23.4. The Morgan fingerprint density at radius 1 is 0.919 bits per heavy atom. The molecule has 2 atom stereocenters. The Morgan fingerprint density at radius 3 is 2.41 bits per heavy atom. The van der Waals surface area contributed by atoms with Gasteiger partial charge >= 0.3 is 0 Å². The molecule has 0 radical (unpaired) electrons. The van der Waals surface area contributed by atoms with Gasteiger partial charge in [0.05, 0.1) is 31.2 Å². The van der Waals surface area contributed by atoms with Gasteiger partial charge in [0.2, 0.25) is 0 Å². The zero-order valence-electron chi connectivity index (χ0n) is 20.3. The maximum absolute atomic E-state index is 13.5. The fourth-order valence-corrected chi connectivity index (χ4v) is 6.55. The molecule has 37 heavy (non-hydrogen) atoms. The van der Waals surface area contributed by atoms with Crippen molar-refractivity contribution < 1.29 is 9.90 Å². The van der Waals surface area contributed by atoms with E-state index in [0.717, 1.165) is 49.7 Å². The van der Waals surface area contributed by atoms with Crippen LogP contribution in [0, 0.1) is 11.8 Å². The van der Waals surface area contributed by atoms with Crippen LogP contribution in [-0.4, -0.2) is 64.6 Å². The van der Waals surface area contributed by atoms with Gasteiger partial charge in [-0.2, -0.15) is 0 Å². The number of aliphatic hydroxyl groups excluding tert-OH is 1. The smallest absolute Gasteiger partial charge is 0.257 e. The number of aromatic nitrogens is 1. The highest BCUT2D eigenvalue weighted by Crippen LogP contribution is 2.33. The van der Waals surface area contributed by atoms with Gasteiger partial charge in [-0.1, -0.05) is 58.5 Å². The van der Waals surface area contributed by atoms with Crippen LogP contribution >= 0.6 is 46.4 Å². The van der Waals surface area contributed by atoms with E-state index in [4.69, 9.17) is 46.4 Å². The SMILES string of the molecule is O=C(c1c(Cl)ccc2cc(Cl)cnc12)N1CCC(N2CC[C@H](Cc3ccc(Cl)c(Cl)c3)[C@H](CO)C2)CC1. The lowest BCUT2D eigenvalue weighted by molar-refractivity contribution is 0.0242. The summed E-state index contributed by atoms with van der Waals surface area (Å²) in [4.78, 5) is 22.3. The summed E-state index contributed by atoms with van der Waals surface area (Å²) in [7, 11) is 0. The Labute approximate surface area is 237 Å². The average Bonchev–Trinajstić information content (AvgIpc) is 2.91. The third kappa shape index (κ3) is 5.88. The van der Waals surface area contributed by atoms with Crippen LogP contribution in [0.4, 0.5) is 0 Å². The molecule has 9 heteroatoms. The summed E-state index contributed by atoms with van der Waals surface area (Å²) in [6.07, 6.45) is 5.23. The summed E-state index contributed by atoms with van der Waals surface area (Å²) in [6.45, 7) is 3.34. The molecule has 0 saturated carbocycles. The first-order valence-corrected chi connectivity index (χ1v) is 14.2. The van der Waals surface area contributed by atoms with Crippen molar-refractivity contribution in [3.05, 3.63) is 73.8 Å². The molecule has 2 fully saturated rings. The number of nitrogens with zero attached hydrogens (tertiary/aromatic N) is 3. The van der Waals surface area contributed by atoms with E-state index < -0.39 is 0 Å². The predicted octanol–water partition coefficient (Wildman–Crippen LogP) is 6.63. The highest BCUT2D eigenvalue weighted by Gasteiger charge is 2.35. The number of rotatable bonds is 5. The van der Waals surface area contributed by atoms with E-state index in [0.29, 0.717) is 56.2 Å². The number of benzene rings is 2. The van der Waals surface area contributed by atoms with Crippen LogP contribution in [0.3, 0.4) is 0 Å². The minimum atomic E-state index is -0.0857. The number of hydrogen-bond acceptors (Lipinski definition) is 4. The summed E-state index contributed by atoms with van der Waals surface area (Å²) in [6, 6.07) is 11.6. The summed E-state index contributed by atoms with van der Waals surface area (Å²) in [5, 5.41) is 13.0. The number of fused-ring (bicyclic) bond motifs is 1. The number of aliphatic hydroxyl groups is 1. The molecule has 5 rings (SSSR count). The highest BCUT2D eigenvalue weighted by atomic mass is 35.5. The van der Waals surface area contributed by atoms with Crippen LogP contribution in [0.2, 0.25) is 20.1 Å². The van der Waals surface area contributed by atoms with Crippen LogP contribution < -0.4 is 0 Å². The Bertz CT molecular complexity index is 1300. The Morgan fingerprint density at radius 2 is 1.68 bits per heavy atom. The van der Waals surface area contributed by atoms with E-state index in [1.807, 2.05) is 29.2 Å². The van der Waals surface area contributed by atoms with Crippen molar-refractivity contribution in [3.8, 4) is 0 Å². The van der Waals surface area contributed by atoms with Gasteiger partial charge in [-0.25, -0.2) is 0 Å². The molecule has 0 unspecified atom stereocenters. The molecule has 5 nitrogen and oxygen atoms in total. The van der Waals surface area contributed by atoms with Crippen molar-refractivity contribution in [2.45, 2.75) is 31.7 Å². The van der Waals surface area contributed by atoms with Crippen LogP contribution in [0.1, 0.15) is 35.2 Å². The van der Waals surface area contributed by atoms with Crippen molar-refractivity contribution in [1.29, 1.82) is 0 Å². The molecule has 2 aromatic carbocycles. The molecular weight excluding hydrogens is 552 g/mol. The minimum Gasteiger partial charge on any atom is -0.396 e. The number of pyridine rings is 1. The third-order valence-electron chi connectivity index (χ3n) is 7.89. The number of hydrogen-bond donors (Lipinski definition) is 1. The molecule has 196 valence electrons. The Hall–Kier alpha value is -1.60. The maximum Gasteiger partial charge on any atom is 0.257 e. The third-order valence-corrected chi connectivity index (χ3v) is 9.15. The van der Waals surface area contributed by atoms with E-state index in [-0.39, 0.29) is 18.4 Å². The van der Waals surface area contributed by atoms with Crippen molar-refractivity contribution >= 4 is 63.2 Å². The average molecular weight is 581 g/mol. The number of amides is 1. The monoisotopic (exact) mass is 579 g/mol. The van der Waals surface area contributed by atoms with E-state index >= 15 is 0 Å². The van der Waals surface area contributed by atoms with Crippen LogP contribution in [0.15, 0.2) is 42.6 Å². The number of likely N-dealkylation sites (tertiary alicyclic amines) is 2. The summed E-state index contributed by atoms with van der Waals surface area (Å²) < 4.78 is 0. The molecule has 2 aliphatic heterocycles. The standard InChI is InChI=1S/C28H29Cl4N3O2/c29-21-13-19-2-4-24(31)26(27(19)33-14-21)28(37)34-9-6-22(7-10-34)35-8-5-18(20(15-35)16-36)11-17-1-3-23(30)25(32)12-17/h1-4,12-14,18,20,22,36H,5-11,15-16H2/t18-,20+/m1/s1. The second-order valence-electron chi connectivity index (χ2n) is 10.1. The second-order valence-corrected chi connectivity index (χ2v) is 11.8. The van der Waals surface area contributed by atoms with Crippen molar-refractivity contribution in [1.82, 2.24) is 14.8 Å². The summed E-state index contributed by atoms with van der Waals surface area (Å²) in [5.74, 6) is 0.516. The molecule has 0 bridgehead atoms. The van der Waals surface area contributed by atoms with Gasteiger partial charge < -0.3 is 10.0 Å². The lowest BCUT2D eigenvalue weighted by Crippen LogP contribution is -2.52.